The van der Waals surface area contributed by atoms with Crippen LogP contribution in [0.15, 0.2) is 0 Å². The SMILES string of the molecule is CC(C)CC1CC(C(=O)C(C)C)C1. The molecule has 1 heteroatoms. The van der Waals surface area contributed by atoms with Crippen LogP contribution >= 0.6 is 0 Å². The molecule has 1 fully saturated rings. The highest BCUT2D eigenvalue weighted by Gasteiger charge is 2.34. The molecule has 0 unspecified atom stereocenters. The fourth-order valence-corrected chi connectivity index (χ4v) is 2.30. The highest BCUT2D eigenvalue weighted by molar-refractivity contribution is 5.83. The maximum Gasteiger partial charge on any atom is 0.138 e. The lowest BCUT2D eigenvalue weighted by Gasteiger charge is -2.36. The standard InChI is InChI=1S/C12H22O/c1-8(2)5-10-6-11(7-10)12(13)9(3)4/h8-11H,5-7H2,1-4H3. The summed E-state index contributed by atoms with van der Waals surface area (Å²) in [6.07, 6.45) is 3.63. The molecule has 0 radical (unpaired) electrons. The zero-order chi connectivity index (χ0) is 10.0. The van der Waals surface area contributed by atoms with E-state index in [0.29, 0.717) is 11.7 Å². The highest BCUT2D eigenvalue weighted by Crippen LogP contribution is 2.39. The Morgan fingerprint density at radius 3 is 2.15 bits per heavy atom. The summed E-state index contributed by atoms with van der Waals surface area (Å²) in [6.45, 7) is 8.55. The molecule has 13 heavy (non-hydrogen) atoms. The summed E-state index contributed by atoms with van der Waals surface area (Å²) in [7, 11) is 0. The van der Waals surface area contributed by atoms with Crippen molar-refractivity contribution in [1.29, 1.82) is 0 Å². The van der Waals surface area contributed by atoms with Gasteiger partial charge in [0, 0.05) is 11.8 Å². The van der Waals surface area contributed by atoms with Gasteiger partial charge in [-0.1, -0.05) is 27.7 Å². The molecule has 0 aromatic carbocycles. The zero-order valence-corrected chi connectivity index (χ0v) is 9.34. The van der Waals surface area contributed by atoms with Crippen molar-refractivity contribution in [3.63, 3.8) is 0 Å². The maximum absolute atomic E-state index is 11.6. The second-order valence-electron chi connectivity index (χ2n) is 5.22. The molecule has 0 spiro atoms. The average Bonchev–Trinajstić information content (AvgIpc) is 1.94. The summed E-state index contributed by atoms with van der Waals surface area (Å²) in [5.41, 5.74) is 0. The van der Waals surface area contributed by atoms with Gasteiger partial charge in [-0.05, 0) is 31.1 Å². The van der Waals surface area contributed by atoms with Crippen LogP contribution in [0.25, 0.3) is 0 Å². The molecular weight excluding hydrogens is 160 g/mol. The third-order valence-corrected chi connectivity index (χ3v) is 3.01. The fraction of sp³-hybridized carbons (Fsp3) is 0.917. The van der Waals surface area contributed by atoms with Gasteiger partial charge in [-0.2, -0.15) is 0 Å². The Hall–Kier alpha value is -0.330. The molecular formula is C12H22O. The van der Waals surface area contributed by atoms with E-state index >= 15 is 0 Å². The molecule has 0 aromatic heterocycles. The van der Waals surface area contributed by atoms with Gasteiger partial charge in [0.1, 0.15) is 5.78 Å². The fourth-order valence-electron chi connectivity index (χ4n) is 2.30. The van der Waals surface area contributed by atoms with E-state index in [4.69, 9.17) is 0 Å². The Kier molecular flexibility index (Phi) is 3.52. The number of hydrogen-bond acceptors (Lipinski definition) is 1. The summed E-state index contributed by atoms with van der Waals surface area (Å²) < 4.78 is 0. The van der Waals surface area contributed by atoms with E-state index in [9.17, 15) is 4.79 Å². The number of carbonyl (C=O) groups is 1. The summed E-state index contributed by atoms with van der Waals surface area (Å²) in [5.74, 6) is 2.77. The molecule has 0 aromatic rings. The molecule has 1 aliphatic rings. The van der Waals surface area contributed by atoms with Gasteiger partial charge in [0.2, 0.25) is 0 Å². The number of hydrogen-bond donors (Lipinski definition) is 0. The largest absolute Gasteiger partial charge is 0.299 e. The molecule has 76 valence electrons. The van der Waals surface area contributed by atoms with E-state index in [-0.39, 0.29) is 5.92 Å². The molecule has 0 saturated heterocycles. The topological polar surface area (TPSA) is 17.1 Å². The molecule has 1 saturated carbocycles. The molecule has 1 nitrogen and oxygen atoms in total. The predicted molar refractivity (Wildman–Crippen MR) is 55.5 cm³/mol. The minimum atomic E-state index is 0.241. The van der Waals surface area contributed by atoms with Gasteiger partial charge < -0.3 is 0 Å². The summed E-state index contributed by atoms with van der Waals surface area (Å²) in [4.78, 5) is 11.6. The second kappa shape index (κ2) is 4.26. The molecule has 0 bridgehead atoms. The van der Waals surface area contributed by atoms with Crippen molar-refractivity contribution >= 4 is 5.78 Å². The van der Waals surface area contributed by atoms with E-state index in [2.05, 4.69) is 13.8 Å². The number of rotatable bonds is 4. The van der Waals surface area contributed by atoms with Crippen molar-refractivity contribution in [2.24, 2.45) is 23.7 Å². The number of Topliss-reactive ketones (excluding diaryl/α,β-unsaturated/α-hetero) is 1. The van der Waals surface area contributed by atoms with Crippen LogP contribution in [-0.4, -0.2) is 5.78 Å². The van der Waals surface area contributed by atoms with Gasteiger partial charge in [-0.25, -0.2) is 0 Å². The first-order valence-corrected chi connectivity index (χ1v) is 5.54. The summed E-state index contributed by atoms with van der Waals surface area (Å²) in [5, 5.41) is 0. The van der Waals surface area contributed by atoms with Crippen molar-refractivity contribution in [2.45, 2.75) is 47.0 Å². The minimum Gasteiger partial charge on any atom is -0.299 e. The molecule has 0 amide bonds. The van der Waals surface area contributed by atoms with Crippen LogP contribution in [0.3, 0.4) is 0 Å². The van der Waals surface area contributed by atoms with E-state index in [1.807, 2.05) is 13.8 Å². The van der Waals surface area contributed by atoms with Gasteiger partial charge in [-0.15, -0.1) is 0 Å². The first-order valence-electron chi connectivity index (χ1n) is 5.54. The monoisotopic (exact) mass is 182 g/mol. The van der Waals surface area contributed by atoms with Crippen LogP contribution in [-0.2, 0) is 4.79 Å². The first-order chi connectivity index (χ1) is 6.00. The van der Waals surface area contributed by atoms with E-state index in [1.165, 1.54) is 6.42 Å². The number of ketones is 1. The Labute approximate surface area is 81.9 Å². The van der Waals surface area contributed by atoms with Gasteiger partial charge in [0.15, 0.2) is 0 Å². The molecule has 0 aliphatic heterocycles. The first kappa shape index (κ1) is 10.7. The lowest BCUT2D eigenvalue weighted by atomic mass is 9.68. The van der Waals surface area contributed by atoms with Gasteiger partial charge in [0.05, 0.1) is 0 Å². The van der Waals surface area contributed by atoms with Crippen molar-refractivity contribution < 1.29 is 4.79 Å². The van der Waals surface area contributed by atoms with Gasteiger partial charge in [-0.3, -0.25) is 4.79 Å². The minimum absolute atomic E-state index is 0.241. The van der Waals surface area contributed by atoms with Crippen molar-refractivity contribution in [3.05, 3.63) is 0 Å². The van der Waals surface area contributed by atoms with Crippen molar-refractivity contribution in [2.75, 3.05) is 0 Å². The maximum atomic E-state index is 11.6. The van der Waals surface area contributed by atoms with Crippen molar-refractivity contribution in [1.82, 2.24) is 0 Å². The lowest BCUT2D eigenvalue weighted by molar-refractivity contribution is -0.130. The Morgan fingerprint density at radius 2 is 1.77 bits per heavy atom. The molecule has 1 rings (SSSR count). The smallest absolute Gasteiger partial charge is 0.138 e. The molecule has 0 atom stereocenters. The van der Waals surface area contributed by atoms with Crippen molar-refractivity contribution in [3.8, 4) is 0 Å². The van der Waals surface area contributed by atoms with E-state index in [1.54, 1.807) is 0 Å². The Morgan fingerprint density at radius 1 is 1.23 bits per heavy atom. The Balaban J connectivity index is 2.22. The summed E-state index contributed by atoms with van der Waals surface area (Å²) >= 11 is 0. The lowest BCUT2D eigenvalue weighted by Crippen LogP contribution is -2.33. The number of carbonyl (C=O) groups excluding carboxylic acids is 1. The van der Waals surface area contributed by atoms with Crippen LogP contribution in [0.2, 0.25) is 0 Å². The van der Waals surface area contributed by atoms with E-state index < -0.39 is 0 Å². The van der Waals surface area contributed by atoms with Gasteiger partial charge >= 0.3 is 0 Å². The van der Waals surface area contributed by atoms with E-state index in [0.717, 1.165) is 24.7 Å². The van der Waals surface area contributed by atoms with Crippen LogP contribution < -0.4 is 0 Å². The van der Waals surface area contributed by atoms with Crippen LogP contribution in [0.1, 0.15) is 47.0 Å². The van der Waals surface area contributed by atoms with Crippen LogP contribution in [0.4, 0.5) is 0 Å². The van der Waals surface area contributed by atoms with Gasteiger partial charge in [0.25, 0.3) is 0 Å². The normalized spacial score (nSPS) is 27.8. The molecule has 0 heterocycles. The predicted octanol–water partition coefficient (Wildman–Crippen LogP) is 3.28. The Bertz CT molecular complexity index is 176. The molecule has 1 aliphatic carbocycles. The third-order valence-electron chi connectivity index (χ3n) is 3.01. The average molecular weight is 182 g/mol. The van der Waals surface area contributed by atoms with Crippen LogP contribution in [0, 0.1) is 23.7 Å². The molecule has 0 N–H and O–H groups in total. The van der Waals surface area contributed by atoms with Crippen LogP contribution in [0.5, 0.6) is 0 Å². The third kappa shape index (κ3) is 2.82. The second-order valence-corrected chi connectivity index (χ2v) is 5.22. The summed E-state index contributed by atoms with van der Waals surface area (Å²) in [6, 6.07) is 0. The quantitative estimate of drug-likeness (QED) is 0.652. The zero-order valence-electron chi connectivity index (χ0n) is 9.34. The highest BCUT2D eigenvalue weighted by atomic mass is 16.1.